The smallest absolute Gasteiger partial charge is 0.0217 e. The van der Waals surface area contributed by atoms with Gasteiger partial charge in [-0.15, -0.1) is 0 Å². The Morgan fingerprint density at radius 2 is 2.33 bits per heavy atom. The van der Waals surface area contributed by atoms with Crippen molar-refractivity contribution in [2.24, 2.45) is 11.3 Å². The Hall–Kier alpha value is 0.220. The Kier molecular flexibility index (Phi) is 1.08. The van der Waals surface area contributed by atoms with Gasteiger partial charge in [-0.3, -0.25) is 0 Å². The van der Waals surface area contributed by atoms with E-state index in [1.807, 2.05) is 0 Å². The van der Waals surface area contributed by atoms with Crippen LogP contribution in [0.15, 0.2) is 12.2 Å². The SMILES string of the molecule is CC12C=CC(C1)C(Br)C2. The van der Waals surface area contributed by atoms with Crippen LogP contribution in [0.1, 0.15) is 19.8 Å². The number of fused-ring (bicyclic) bond motifs is 2. The number of alkyl halides is 1. The highest BCUT2D eigenvalue weighted by atomic mass is 79.9. The second-order valence-corrected chi connectivity index (χ2v) is 4.78. The molecule has 0 amide bonds. The van der Waals surface area contributed by atoms with Crippen LogP contribution in [0.4, 0.5) is 0 Å². The van der Waals surface area contributed by atoms with E-state index in [2.05, 4.69) is 35.0 Å². The predicted octanol–water partition coefficient (Wildman–Crippen LogP) is 2.74. The van der Waals surface area contributed by atoms with Gasteiger partial charge in [0, 0.05) is 4.83 Å². The fourth-order valence-electron chi connectivity index (χ4n) is 2.03. The van der Waals surface area contributed by atoms with Crippen LogP contribution < -0.4 is 0 Å². The van der Waals surface area contributed by atoms with Crippen LogP contribution >= 0.6 is 15.9 Å². The molecular weight excluding hydrogens is 176 g/mol. The van der Waals surface area contributed by atoms with Gasteiger partial charge in [0.25, 0.3) is 0 Å². The van der Waals surface area contributed by atoms with Gasteiger partial charge < -0.3 is 0 Å². The molecule has 0 spiro atoms. The molecule has 0 nitrogen and oxygen atoms in total. The van der Waals surface area contributed by atoms with Gasteiger partial charge in [0.15, 0.2) is 0 Å². The van der Waals surface area contributed by atoms with E-state index < -0.39 is 0 Å². The average molecular weight is 187 g/mol. The summed E-state index contributed by atoms with van der Waals surface area (Å²) >= 11 is 3.68. The van der Waals surface area contributed by atoms with Crippen molar-refractivity contribution in [3.63, 3.8) is 0 Å². The summed E-state index contributed by atoms with van der Waals surface area (Å²) in [5.41, 5.74) is 0.554. The maximum atomic E-state index is 3.68. The quantitative estimate of drug-likeness (QED) is 0.404. The van der Waals surface area contributed by atoms with Crippen LogP contribution in [-0.4, -0.2) is 4.83 Å². The summed E-state index contributed by atoms with van der Waals surface area (Å²) in [5.74, 6) is 0.843. The predicted molar refractivity (Wildman–Crippen MR) is 42.7 cm³/mol. The lowest BCUT2D eigenvalue weighted by Crippen LogP contribution is -2.09. The standard InChI is InChI=1S/C8H11Br/c1-8-3-2-6(4-8)7(9)5-8/h2-3,6-7H,4-5H2,1H3. The van der Waals surface area contributed by atoms with Crippen LogP contribution in [-0.2, 0) is 0 Å². The molecule has 1 saturated carbocycles. The number of hydrogen-bond acceptors (Lipinski definition) is 0. The van der Waals surface area contributed by atoms with Crippen LogP contribution in [0.25, 0.3) is 0 Å². The third-order valence-corrected chi connectivity index (χ3v) is 3.58. The topological polar surface area (TPSA) is 0 Å². The zero-order valence-electron chi connectivity index (χ0n) is 5.60. The lowest BCUT2D eigenvalue weighted by molar-refractivity contribution is 0.456. The highest BCUT2D eigenvalue weighted by molar-refractivity contribution is 9.09. The largest absolute Gasteiger partial charge is 0.0884 e. The van der Waals surface area contributed by atoms with Gasteiger partial charge in [-0.25, -0.2) is 0 Å². The van der Waals surface area contributed by atoms with Gasteiger partial charge in [-0.2, -0.15) is 0 Å². The first-order chi connectivity index (χ1) is 4.20. The molecule has 9 heavy (non-hydrogen) atoms. The first-order valence-electron chi connectivity index (χ1n) is 3.53. The number of halogens is 1. The zero-order chi connectivity index (χ0) is 6.48. The molecule has 0 radical (unpaired) electrons. The van der Waals surface area contributed by atoms with Crippen LogP contribution in [0, 0.1) is 11.3 Å². The van der Waals surface area contributed by atoms with Crippen molar-refractivity contribution in [1.82, 2.24) is 0 Å². The van der Waals surface area contributed by atoms with Crippen molar-refractivity contribution >= 4 is 15.9 Å². The molecule has 2 bridgehead atoms. The van der Waals surface area contributed by atoms with E-state index in [9.17, 15) is 0 Å². The third kappa shape index (κ3) is 0.778. The maximum Gasteiger partial charge on any atom is 0.0217 e. The summed E-state index contributed by atoms with van der Waals surface area (Å²) in [5, 5.41) is 0. The van der Waals surface area contributed by atoms with Gasteiger partial charge in [0.2, 0.25) is 0 Å². The number of hydrogen-bond donors (Lipinski definition) is 0. The second-order valence-electron chi connectivity index (χ2n) is 3.60. The fraction of sp³-hybridized carbons (Fsp3) is 0.750. The summed E-state index contributed by atoms with van der Waals surface area (Å²) in [6.07, 6.45) is 7.47. The van der Waals surface area contributed by atoms with Gasteiger partial charge in [-0.1, -0.05) is 35.0 Å². The minimum absolute atomic E-state index is 0.554. The Morgan fingerprint density at radius 3 is 2.56 bits per heavy atom. The van der Waals surface area contributed by atoms with E-state index in [0.29, 0.717) is 5.41 Å². The molecule has 50 valence electrons. The molecule has 0 aromatic heterocycles. The molecule has 1 heteroatoms. The minimum Gasteiger partial charge on any atom is -0.0884 e. The molecule has 2 aliphatic carbocycles. The highest BCUT2D eigenvalue weighted by Crippen LogP contribution is 2.51. The van der Waals surface area contributed by atoms with E-state index in [1.54, 1.807) is 0 Å². The normalized spacial score (nSPS) is 54.9. The molecule has 3 unspecified atom stereocenters. The summed E-state index contributed by atoms with van der Waals surface area (Å²) < 4.78 is 0. The van der Waals surface area contributed by atoms with Crippen molar-refractivity contribution in [3.8, 4) is 0 Å². The first-order valence-corrected chi connectivity index (χ1v) is 4.45. The molecule has 0 aromatic rings. The van der Waals surface area contributed by atoms with Crippen LogP contribution in [0.5, 0.6) is 0 Å². The maximum absolute atomic E-state index is 3.68. The van der Waals surface area contributed by atoms with Crippen LogP contribution in [0.2, 0.25) is 0 Å². The first kappa shape index (κ1) is 5.96. The Morgan fingerprint density at radius 1 is 1.56 bits per heavy atom. The van der Waals surface area contributed by atoms with Crippen molar-refractivity contribution in [2.45, 2.75) is 24.6 Å². The van der Waals surface area contributed by atoms with Crippen molar-refractivity contribution in [1.29, 1.82) is 0 Å². The molecule has 0 heterocycles. The summed E-state index contributed by atoms with van der Waals surface area (Å²) in [4.78, 5) is 0.771. The van der Waals surface area contributed by atoms with Crippen molar-refractivity contribution in [2.75, 3.05) is 0 Å². The molecule has 3 atom stereocenters. The summed E-state index contributed by atoms with van der Waals surface area (Å²) in [6, 6.07) is 0. The highest BCUT2D eigenvalue weighted by Gasteiger charge is 2.42. The van der Waals surface area contributed by atoms with E-state index in [0.717, 1.165) is 10.7 Å². The van der Waals surface area contributed by atoms with Crippen molar-refractivity contribution in [3.05, 3.63) is 12.2 Å². The van der Waals surface area contributed by atoms with Gasteiger partial charge in [0.1, 0.15) is 0 Å². The molecule has 0 saturated heterocycles. The fourth-order valence-corrected chi connectivity index (χ4v) is 3.13. The molecule has 0 aliphatic heterocycles. The van der Waals surface area contributed by atoms with Gasteiger partial charge in [-0.05, 0) is 24.2 Å². The van der Waals surface area contributed by atoms with E-state index in [1.165, 1.54) is 12.8 Å². The van der Waals surface area contributed by atoms with Crippen molar-refractivity contribution < 1.29 is 0 Å². The Labute approximate surface area is 64.5 Å². The molecule has 0 aromatic carbocycles. The monoisotopic (exact) mass is 186 g/mol. The molecule has 2 aliphatic rings. The summed E-state index contributed by atoms with van der Waals surface area (Å²) in [6.45, 7) is 2.35. The Bertz CT molecular complexity index is 162. The molecule has 0 N–H and O–H groups in total. The van der Waals surface area contributed by atoms with E-state index in [4.69, 9.17) is 0 Å². The number of allylic oxidation sites excluding steroid dienone is 2. The molecular formula is C8H11Br. The van der Waals surface area contributed by atoms with E-state index in [-0.39, 0.29) is 0 Å². The van der Waals surface area contributed by atoms with Crippen LogP contribution in [0.3, 0.4) is 0 Å². The average Bonchev–Trinajstić information content (AvgIpc) is 2.20. The second kappa shape index (κ2) is 1.63. The minimum atomic E-state index is 0.554. The zero-order valence-corrected chi connectivity index (χ0v) is 7.19. The van der Waals surface area contributed by atoms with E-state index >= 15 is 0 Å². The molecule has 2 rings (SSSR count). The Balaban J connectivity index is 2.30. The number of rotatable bonds is 0. The van der Waals surface area contributed by atoms with Gasteiger partial charge >= 0.3 is 0 Å². The lowest BCUT2D eigenvalue weighted by atomic mass is 9.91. The third-order valence-electron chi connectivity index (χ3n) is 2.57. The van der Waals surface area contributed by atoms with Gasteiger partial charge in [0.05, 0.1) is 0 Å². The lowest BCUT2D eigenvalue weighted by Gasteiger charge is -2.17. The summed E-state index contributed by atoms with van der Waals surface area (Å²) in [7, 11) is 0. The molecule has 1 fully saturated rings.